The lowest BCUT2D eigenvalue weighted by Gasteiger charge is -2.13. The highest BCUT2D eigenvalue weighted by Gasteiger charge is 2.12. The van der Waals surface area contributed by atoms with Crippen molar-refractivity contribution >= 4 is 27.8 Å². The SMILES string of the molecule is COc1cc(C=NO)cc(Br)c1OCc1ccc([N+](=O)[O-])cc1. The second-order valence-electron chi connectivity index (χ2n) is 4.49. The Labute approximate surface area is 140 Å². The molecule has 0 atom stereocenters. The van der Waals surface area contributed by atoms with Crippen molar-refractivity contribution in [3.8, 4) is 11.5 Å². The van der Waals surface area contributed by atoms with E-state index < -0.39 is 4.92 Å². The van der Waals surface area contributed by atoms with Crippen LogP contribution in [0, 0.1) is 10.1 Å². The van der Waals surface area contributed by atoms with E-state index in [1.54, 1.807) is 24.3 Å². The second kappa shape index (κ2) is 7.59. The van der Waals surface area contributed by atoms with Gasteiger partial charge in [-0.05, 0) is 45.8 Å². The average molecular weight is 381 g/mol. The maximum atomic E-state index is 10.6. The zero-order valence-electron chi connectivity index (χ0n) is 12.1. The summed E-state index contributed by atoms with van der Waals surface area (Å²) in [7, 11) is 1.50. The minimum absolute atomic E-state index is 0.0279. The van der Waals surface area contributed by atoms with Gasteiger partial charge in [0.1, 0.15) is 6.61 Å². The van der Waals surface area contributed by atoms with Gasteiger partial charge in [-0.3, -0.25) is 10.1 Å². The van der Waals surface area contributed by atoms with E-state index in [2.05, 4.69) is 21.1 Å². The first-order chi connectivity index (χ1) is 11.0. The molecule has 2 aromatic rings. The third-order valence-corrected chi connectivity index (χ3v) is 3.58. The molecule has 0 fully saturated rings. The molecule has 0 aliphatic rings. The van der Waals surface area contributed by atoms with Crippen LogP contribution < -0.4 is 9.47 Å². The van der Waals surface area contributed by atoms with Crippen LogP contribution in [0.2, 0.25) is 0 Å². The molecule has 2 rings (SSSR count). The first-order valence-electron chi connectivity index (χ1n) is 6.46. The van der Waals surface area contributed by atoms with Gasteiger partial charge in [-0.1, -0.05) is 5.16 Å². The van der Waals surface area contributed by atoms with Gasteiger partial charge in [0.15, 0.2) is 11.5 Å². The molecule has 0 amide bonds. The minimum atomic E-state index is -0.453. The monoisotopic (exact) mass is 380 g/mol. The van der Waals surface area contributed by atoms with Gasteiger partial charge in [-0.2, -0.15) is 0 Å². The van der Waals surface area contributed by atoms with Crippen molar-refractivity contribution in [2.45, 2.75) is 6.61 Å². The van der Waals surface area contributed by atoms with Gasteiger partial charge in [-0.15, -0.1) is 0 Å². The van der Waals surface area contributed by atoms with E-state index in [0.29, 0.717) is 21.5 Å². The summed E-state index contributed by atoms with van der Waals surface area (Å²) in [5.74, 6) is 0.956. The Bertz CT molecular complexity index is 731. The number of ether oxygens (including phenoxy) is 2. The lowest BCUT2D eigenvalue weighted by atomic mass is 10.2. The quantitative estimate of drug-likeness (QED) is 0.356. The molecule has 0 unspecified atom stereocenters. The maximum Gasteiger partial charge on any atom is 0.269 e. The Morgan fingerprint density at radius 3 is 2.61 bits per heavy atom. The number of hydrogen-bond donors (Lipinski definition) is 1. The fourth-order valence-electron chi connectivity index (χ4n) is 1.89. The van der Waals surface area contributed by atoms with Crippen molar-refractivity contribution in [2.75, 3.05) is 7.11 Å². The summed E-state index contributed by atoms with van der Waals surface area (Å²) >= 11 is 3.38. The standard InChI is InChI=1S/C15H13BrN2O5/c1-22-14-7-11(8-17-19)6-13(16)15(14)23-9-10-2-4-12(5-3-10)18(20)21/h2-8,19H,9H2,1H3. The Balaban J connectivity index is 2.18. The molecule has 7 nitrogen and oxygen atoms in total. The van der Waals surface area contributed by atoms with E-state index >= 15 is 0 Å². The fraction of sp³-hybridized carbons (Fsp3) is 0.133. The molecular weight excluding hydrogens is 368 g/mol. The van der Waals surface area contributed by atoms with Crippen LogP contribution in [0.4, 0.5) is 5.69 Å². The summed E-state index contributed by atoms with van der Waals surface area (Å²) in [5.41, 5.74) is 1.45. The highest BCUT2D eigenvalue weighted by molar-refractivity contribution is 9.10. The van der Waals surface area contributed by atoms with Gasteiger partial charge >= 0.3 is 0 Å². The zero-order valence-corrected chi connectivity index (χ0v) is 13.7. The number of nitro groups is 1. The van der Waals surface area contributed by atoms with E-state index in [1.807, 2.05) is 0 Å². The first-order valence-corrected chi connectivity index (χ1v) is 7.25. The highest BCUT2D eigenvalue weighted by Crippen LogP contribution is 2.36. The van der Waals surface area contributed by atoms with E-state index in [4.69, 9.17) is 14.7 Å². The Kier molecular flexibility index (Phi) is 5.53. The molecule has 1 N–H and O–H groups in total. The zero-order chi connectivity index (χ0) is 16.8. The number of halogens is 1. The van der Waals surface area contributed by atoms with E-state index in [0.717, 1.165) is 5.56 Å². The lowest BCUT2D eigenvalue weighted by Crippen LogP contribution is -2.00. The number of hydrogen-bond acceptors (Lipinski definition) is 6. The predicted molar refractivity (Wildman–Crippen MR) is 87.5 cm³/mol. The van der Waals surface area contributed by atoms with Crippen LogP contribution in [0.1, 0.15) is 11.1 Å². The van der Waals surface area contributed by atoms with Gasteiger partial charge in [0.25, 0.3) is 5.69 Å². The maximum absolute atomic E-state index is 10.6. The number of rotatable bonds is 6. The normalized spacial score (nSPS) is 10.7. The van der Waals surface area contributed by atoms with Crippen LogP contribution in [0.5, 0.6) is 11.5 Å². The van der Waals surface area contributed by atoms with E-state index in [-0.39, 0.29) is 12.3 Å². The second-order valence-corrected chi connectivity index (χ2v) is 5.35. The molecule has 0 radical (unpaired) electrons. The molecule has 8 heteroatoms. The number of oxime groups is 1. The van der Waals surface area contributed by atoms with Gasteiger partial charge in [0.05, 0.1) is 22.7 Å². The summed E-state index contributed by atoms with van der Waals surface area (Å²) < 4.78 is 11.6. The van der Waals surface area contributed by atoms with Gasteiger partial charge in [0.2, 0.25) is 0 Å². The number of nitrogens with zero attached hydrogens (tertiary/aromatic N) is 2. The number of nitro benzene ring substituents is 1. The molecule has 0 heterocycles. The third-order valence-electron chi connectivity index (χ3n) is 2.99. The molecule has 120 valence electrons. The van der Waals surface area contributed by atoms with Crippen molar-refractivity contribution in [3.05, 3.63) is 62.1 Å². The smallest absolute Gasteiger partial charge is 0.269 e. The van der Waals surface area contributed by atoms with Gasteiger partial charge in [-0.25, -0.2) is 0 Å². The topological polar surface area (TPSA) is 94.2 Å². The van der Waals surface area contributed by atoms with Crippen LogP contribution in [-0.4, -0.2) is 23.5 Å². The van der Waals surface area contributed by atoms with Crippen molar-refractivity contribution < 1.29 is 19.6 Å². The van der Waals surface area contributed by atoms with Crippen molar-refractivity contribution in [3.63, 3.8) is 0 Å². The Hall–Kier alpha value is -2.61. The van der Waals surface area contributed by atoms with Crippen LogP contribution in [0.25, 0.3) is 0 Å². The van der Waals surface area contributed by atoms with Gasteiger partial charge in [0, 0.05) is 17.7 Å². The molecule has 0 saturated heterocycles. The highest BCUT2D eigenvalue weighted by atomic mass is 79.9. The Morgan fingerprint density at radius 2 is 2.04 bits per heavy atom. The van der Waals surface area contributed by atoms with Crippen LogP contribution in [0.3, 0.4) is 0 Å². The summed E-state index contributed by atoms with van der Waals surface area (Å²) in [5, 5.41) is 22.2. The van der Waals surface area contributed by atoms with Crippen molar-refractivity contribution in [2.24, 2.45) is 5.16 Å². The summed E-state index contributed by atoms with van der Waals surface area (Å²) in [6.07, 6.45) is 1.27. The molecule has 0 bridgehead atoms. The van der Waals surface area contributed by atoms with E-state index in [1.165, 1.54) is 25.5 Å². The summed E-state index contributed by atoms with van der Waals surface area (Å²) in [6.45, 7) is 0.223. The first kappa shape index (κ1) is 16.8. The molecule has 2 aromatic carbocycles. The van der Waals surface area contributed by atoms with Crippen LogP contribution in [-0.2, 0) is 6.61 Å². The van der Waals surface area contributed by atoms with Crippen molar-refractivity contribution in [1.29, 1.82) is 0 Å². The Morgan fingerprint density at radius 1 is 1.35 bits per heavy atom. The molecule has 23 heavy (non-hydrogen) atoms. The summed E-state index contributed by atoms with van der Waals surface area (Å²) in [6, 6.07) is 9.48. The van der Waals surface area contributed by atoms with Gasteiger partial charge < -0.3 is 14.7 Å². The number of methoxy groups -OCH3 is 1. The molecule has 0 spiro atoms. The number of non-ortho nitro benzene ring substituents is 1. The summed E-state index contributed by atoms with van der Waals surface area (Å²) in [4.78, 5) is 10.2. The largest absolute Gasteiger partial charge is 0.493 e. The number of benzene rings is 2. The lowest BCUT2D eigenvalue weighted by molar-refractivity contribution is -0.384. The molecule has 0 aliphatic heterocycles. The fourth-order valence-corrected chi connectivity index (χ4v) is 2.46. The predicted octanol–water partition coefficient (Wildman–Crippen LogP) is 3.75. The molecule has 0 saturated carbocycles. The minimum Gasteiger partial charge on any atom is -0.493 e. The third kappa shape index (κ3) is 4.19. The van der Waals surface area contributed by atoms with Crippen molar-refractivity contribution in [1.82, 2.24) is 0 Å². The van der Waals surface area contributed by atoms with E-state index in [9.17, 15) is 10.1 Å². The molecule has 0 aliphatic carbocycles. The molecular formula is C15H13BrN2O5. The van der Waals surface area contributed by atoms with Crippen LogP contribution in [0.15, 0.2) is 46.0 Å². The average Bonchev–Trinajstić information content (AvgIpc) is 2.54. The van der Waals surface area contributed by atoms with Crippen LogP contribution >= 0.6 is 15.9 Å². The molecule has 0 aromatic heterocycles.